The molecule has 0 unspecified atom stereocenters. The molecular weight excluding hydrogens is 324 g/mol. The van der Waals surface area contributed by atoms with Gasteiger partial charge in [0.25, 0.3) is 5.69 Å². The minimum Gasteiger partial charge on any atom is -0.307 e. The van der Waals surface area contributed by atoms with Gasteiger partial charge in [-0.05, 0) is 28.4 Å². The molecule has 0 aliphatic carbocycles. The highest BCUT2D eigenvalue weighted by Gasteiger charge is 2.10. The van der Waals surface area contributed by atoms with E-state index in [2.05, 4.69) is 26.3 Å². The number of nitro benzene ring substituents is 1. The summed E-state index contributed by atoms with van der Waals surface area (Å²) in [6.45, 7) is 3.15. The fourth-order valence-corrected chi connectivity index (χ4v) is 2.45. The Morgan fingerprint density at radius 1 is 1.45 bits per heavy atom. The van der Waals surface area contributed by atoms with Crippen LogP contribution in [0.3, 0.4) is 0 Å². The fourth-order valence-electron chi connectivity index (χ4n) is 1.98. The molecule has 1 aromatic heterocycles. The molecule has 0 saturated carbocycles. The second-order valence-electron chi connectivity index (χ2n) is 4.50. The SMILES string of the molecule is Cc1nn(C)c(CNCc2cccc([N+](=O)[O-])c2)c1Br. The molecule has 0 saturated heterocycles. The number of aryl methyl sites for hydroxylation is 2. The Bertz CT molecular complexity index is 639. The maximum Gasteiger partial charge on any atom is 0.269 e. The molecule has 1 aromatic carbocycles. The van der Waals surface area contributed by atoms with E-state index in [9.17, 15) is 10.1 Å². The number of nitrogens with zero attached hydrogens (tertiary/aromatic N) is 3. The van der Waals surface area contributed by atoms with Crippen molar-refractivity contribution in [1.82, 2.24) is 15.1 Å². The van der Waals surface area contributed by atoms with Crippen molar-refractivity contribution in [2.24, 2.45) is 7.05 Å². The number of benzene rings is 1. The zero-order chi connectivity index (χ0) is 14.7. The summed E-state index contributed by atoms with van der Waals surface area (Å²) in [4.78, 5) is 10.3. The van der Waals surface area contributed by atoms with E-state index in [1.165, 1.54) is 6.07 Å². The number of nitro groups is 1. The lowest BCUT2D eigenvalue weighted by Gasteiger charge is -2.06. The van der Waals surface area contributed by atoms with Crippen molar-refractivity contribution in [3.63, 3.8) is 0 Å². The van der Waals surface area contributed by atoms with Gasteiger partial charge >= 0.3 is 0 Å². The van der Waals surface area contributed by atoms with Crippen LogP contribution in [0.2, 0.25) is 0 Å². The molecule has 1 heterocycles. The highest BCUT2D eigenvalue weighted by Crippen LogP contribution is 2.20. The molecular formula is C13H15BrN4O2. The molecule has 1 N–H and O–H groups in total. The van der Waals surface area contributed by atoms with Gasteiger partial charge in [-0.1, -0.05) is 12.1 Å². The molecule has 0 bridgehead atoms. The lowest BCUT2D eigenvalue weighted by molar-refractivity contribution is -0.384. The van der Waals surface area contributed by atoms with Gasteiger partial charge in [-0.15, -0.1) is 0 Å². The lowest BCUT2D eigenvalue weighted by atomic mass is 10.2. The minimum absolute atomic E-state index is 0.113. The zero-order valence-electron chi connectivity index (χ0n) is 11.3. The normalized spacial score (nSPS) is 10.8. The van der Waals surface area contributed by atoms with E-state index in [0.717, 1.165) is 21.4 Å². The highest BCUT2D eigenvalue weighted by molar-refractivity contribution is 9.10. The predicted molar refractivity (Wildman–Crippen MR) is 79.3 cm³/mol. The summed E-state index contributed by atoms with van der Waals surface area (Å²) >= 11 is 3.51. The van der Waals surface area contributed by atoms with Gasteiger partial charge < -0.3 is 5.32 Å². The van der Waals surface area contributed by atoms with Crippen molar-refractivity contribution in [2.75, 3.05) is 0 Å². The van der Waals surface area contributed by atoms with Crippen LogP contribution < -0.4 is 5.32 Å². The van der Waals surface area contributed by atoms with Crippen LogP contribution in [0.25, 0.3) is 0 Å². The third-order valence-corrected chi connectivity index (χ3v) is 4.04. The summed E-state index contributed by atoms with van der Waals surface area (Å²) < 4.78 is 2.81. The van der Waals surface area contributed by atoms with Crippen LogP contribution in [0.5, 0.6) is 0 Å². The molecule has 106 valence electrons. The first-order valence-electron chi connectivity index (χ1n) is 6.11. The molecule has 2 rings (SSSR count). The first-order valence-corrected chi connectivity index (χ1v) is 6.90. The molecule has 0 atom stereocenters. The van der Waals surface area contributed by atoms with E-state index < -0.39 is 0 Å². The van der Waals surface area contributed by atoms with E-state index in [1.807, 2.05) is 24.7 Å². The van der Waals surface area contributed by atoms with Crippen molar-refractivity contribution in [1.29, 1.82) is 0 Å². The van der Waals surface area contributed by atoms with Crippen molar-refractivity contribution >= 4 is 21.6 Å². The summed E-state index contributed by atoms with van der Waals surface area (Å²) in [5.74, 6) is 0. The van der Waals surface area contributed by atoms with Crippen LogP contribution in [0, 0.1) is 17.0 Å². The largest absolute Gasteiger partial charge is 0.307 e. The number of rotatable bonds is 5. The molecule has 20 heavy (non-hydrogen) atoms. The average molecular weight is 339 g/mol. The van der Waals surface area contributed by atoms with E-state index in [-0.39, 0.29) is 10.6 Å². The summed E-state index contributed by atoms with van der Waals surface area (Å²) in [5.41, 5.74) is 2.99. The van der Waals surface area contributed by atoms with E-state index in [4.69, 9.17) is 0 Å². The van der Waals surface area contributed by atoms with Gasteiger partial charge in [0, 0.05) is 32.3 Å². The van der Waals surface area contributed by atoms with Crippen LogP contribution in [0.15, 0.2) is 28.7 Å². The summed E-state index contributed by atoms with van der Waals surface area (Å²) in [6, 6.07) is 6.63. The van der Waals surface area contributed by atoms with E-state index >= 15 is 0 Å². The molecule has 0 aliphatic heterocycles. The van der Waals surface area contributed by atoms with Crippen molar-refractivity contribution < 1.29 is 4.92 Å². The highest BCUT2D eigenvalue weighted by atomic mass is 79.9. The molecule has 7 heteroatoms. The Morgan fingerprint density at radius 3 is 2.80 bits per heavy atom. The topological polar surface area (TPSA) is 73.0 Å². The van der Waals surface area contributed by atoms with Gasteiger partial charge in [0.05, 0.1) is 20.8 Å². The molecule has 0 radical (unpaired) electrons. The quantitative estimate of drug-likeness (QED) is 0.671. The number of aromatic nitrogens is 2. The fraction of sp³-hybridized carbons (Fsp3) is 0.308. The molecule has 0 fully saturated rings. The van der Waals surface area contributed by atoms with Crippen LogP contribution in [-0.2, 0) is 20.1 Å². The number of hydrogen-bond donors (Lipinski definition) is 1. The Kier molecular flexibility index (Phi) is 4.51. The van der Waals surface area contributed by atoms with Crippen molar-refractivity contribution in [3.8, 4) is 0 Å². The van der Waals surface area contributed by atoms with Gasteiger partial charge in [0.15, 0.2) is 0 Å². The summed E-state index contributed by atoms with van der Waals surface area (Å²) in [5, 5.41) is 18.3. The maximum atomic E-state index is 10.7. The van der Waals surface area contributed by atoms with Gasteiger partial charge in [0.1, 0.15) is 0 Å². The van der Waals surface area contributed by atoms with Gasteiger partial charge in [-0.25, -0.2) is 0 Å². The van der Waals surface area contributed by atoms with Gasteiger partial charge in [-0.3, -0.25) is 14.8 Å². The van der Waals surface area contributed by atoms with Crippen LogP contribution in [-0.4, -0.2) is 14.7 Å². The minimum atomic E-state index is -0.384. The van der Waals surface area contributed by atoms with Crippen LogP contribution in [0.1, 0.15) is 17.0 Å². The monoisotopic (exact) mass is 338 g/mol. The predicted octanol–water partition coefficient (Wildman–Crippen LogP) is 2.69. The molecule has 0 aliphatic rings. The zero-order valence-corrected chi connectivity index (χ0v) is 12.8. The van der Waals surface area contributed by atoms with Crippen molar-refractivity contribution in [2.45, 2.75) is 20.0 Å². The Hall–Kier alpha value is -1.73. The lowest BCUT2D eigenvalue weighted by Crippen LogP contribution is -2.15. The second kappa shape index (κ2) is 6.15. The average Bonchev–Trinajstić information content (AvgIpc) is 2.65. The van der Waals surface area contributed by atoms with E-state index in [0.29, 0.717) is 13.1 Å². The Balaban J connectivity index is 1.99. The van der Waals surface area contributed by atoms with Crippen molar-refractivity contribution in [3.05, 3.63) is 55.8 Å². The van der Waals surface area contributed by atoms with Gasteiger partial charge in [-0.2, -0.15) is 5.10 Å². The molecule has 0 amide bonds. The van der Waals surface area contributed by atoms with Crippen LogP contribution in [0.4, 0.5) is 5.69 Å². The van der Waals surface area contributed by atoms with Gasteiger partial charge in [0.2, 0.25) is 0 Å². The first kappa shape index (κ1) is 14.7. The third-order valence-electron chi connectivity index (χ3n) is 3.00. The number of nitrogens with one attached hydrogen (secondary N) is 1. The van der Waals surface area contributed by atoms with Crippen LogP contribution >= 0.6 is 15.9 Å². The maximum absolute atomic E-state index is 10.7. The standard InChI is InChI=1S/C13H15BrN4O2/c1-9-13(14)12(17(2)16-9)8-15-7-10-4-3-5-11(6-10)18(19)20/h3-6,15H,7-8H2,1-2H3. The second-order valence-corrected chi connectivity index (χ2v) is 5.29. The molecule has 0 spiro atoms. The number of non-ortho nitro benzene ring substituents is 1. The summed E-state index contributed by atoms with van der Waals surface area (Å²) in [7, 11) is 1.89. The van der Waals surface area contributed by atoms with E-state index in [1.54, 1.807) is 12.1 Å². The Labute approximate surface area is 125 Å². The molecule has 2 aromatic rings. The smallest absolute Gasteiger partial charge is 0.269 e. The molecule has 6 nitrogen and oxygen atoms in total. The first-order chi connectivity index (χ1) is 9.49. The Morgan fingerprint density at radius 2 is 2.20 bits per heavy atom. The third kappa shape index (κ3) is 3.23. The summed E-state index contributed by atoms with van der Waals surface area (Å²) in [6.07, 6.45) is 0. The number of halogens is 1. The number of hydrogen-bond acceptors (Lipinski definition) is 4.